The fourth-order valence-corrected chi connectivity index (χ4v) is 3.06. The van der Waals surface area contributed by atoms with Crippen LogP contribution in [0.5, 0.6) is 5.75 Å². The number of aromatic amines is 1. The van der Waals surface area contributed by atoms with Crippen molar-refractivity contribution in [3.8, 4) is 5.75 Å². The Bertz CT molecular complexity index is 968. The minimum atomic E-state index is -0.519. The van der Waals surface area contributed by atoms with Gasteiger partial charge in [0.05, 0.1) is 6.21 Å². The van der Waals surface area contributed by atoms with Gasteiger partial charge in [0.2, 0.25) is 0 Å². The van der Waals surface area contributed by atoms with Crippen LogP contribution in [0.3, 0.4) is 0 Å². The highest BCUT2D eigenvalue weighted by atomic mass is 16.5. The number of nitrogens with one attached hydrogen (secondary N) is 1. The molecule has 0 aliphatic rings. The molecular formula is C21H23N3O3. The van der Waals surface area contributed by atoms with Crippen molar-refractivity contribution in [3.05, 3.63) is 64.8 Å². The third-order valence-corrected chi connectivity index (χ3v) is 4.29. The lowest BCUT2D eigenvalue weighted by Crippen LogP contribution is -2.31. The number of carbonyl (C=O) groups is 1. The average Bonchev–Trinajstić information content (AvgIpc) is 3.09. The van der Waals surface area contributed by atoms with Crippen LogP contribution in [0.2, 0.25) is 0 Å². The van der Waals surface area contributed by atoms with Crippen LogP contribution in [-0.2, 0) is 4.79 Å². The maximum atomic E-state index is 12.4. The van der Waals surface area contributed by atoms with Gasteiger partial charge in [0.25, 0.3) is 5.91 Å². The van der Waals surface area contributed by atoms with Gasteiger partial charge in [0, 0.05) is 11.7 Å². The van der Waals surface area contributed by atoms with E-state index in [0.29, 0.717) is 5.75 Å². The van der Waals surface area contributed by atoms with E-state index >= 15 is 0 Å². The summed E-state index contributed by atoms with van der Waals surface area (Å²) in [4.78, 5) is 15.5. The van der Waals surface area contributed by atoms with Crippen molar-refractivity contribution in [2.75, 3.05) is 13.3 Å². The van der Waals surface area contributed by atoms with Gasteiger partial charge in [-0.25, -0.2) is 5.01 Å². The Hall–Kier alpha value is -3.12. The van der Waals surface area contributed by atoms with Crippen LogP contribution >= 0.6 is 0 Å². The Morgan fingerprint density at radius 2 is 1.93 bits per heavy atom. The number of ether oxygens (including phenoxy) is 1. The Balaban J connectivity index is 1.67. The van der Waals surface area contributed by atoms with Crippen molar-refractivity contribution in [2.45, 2.75) is 20.8 Å². The number of aliphatic hydroxyl groups is 1. The second kappa shape index (κ2) is 8.05. The number of aliphatic hydroxyl groups excluding tert-OH is 1. The van der Waals surface area contributed by atoms with Crippen molar-refractivity contribution in [1.82, 2.24) is 9.99 Å². The van der Waals surface area contributed by atoms with Gasteiger partial charge in [0.15, 0.2) is 6.61 Å². The van der Waals surface area contributed by atoms with Crippen molar-refractivity contribution < 1.29 is 14.6 Å². The van der Waals surface area contributed by atoms with E-state index in [2.05, 4.69) is 10.1 Å². The third-order valence-electron chi connectivity index (χ3n) is 4.29. The zero-order valence-electron chi connectivity index (χ0n) is 15.7. The van der Waals surface area contributed by atoms with Crippen LogP contribution in [0.25, 0.3) is 10.9 Å². The number of nitrogens with zero attached hydrogens (tertiary/aromatic N) is 2. The van der Waals surface area contributed by atoms with Crippen LogP contribution in [0.15, 0.2) is 47.7 Å². The van der Waals surface area contributed by atoms with Crippen molar-refractivity contribution in [3.63, 3.8) is 0 Å². The molecule has 140 valence electrons. The molecule has 0 atom stereocenters. The number of aryl methyl sites for hydroxylation is 3. The highest BCUT2D eigenvalue weighted by Gasteiger charge is 2.14. The predicted octanol–water partition coefficient (Wildman–Crippen LogP) is 3.28. The zero-order valence-corrected chi connectivity index (χ0v) is 15.7. The number of hydrogen-bond acceptors (Lipinski definition) is 4. The molecule has 2 N–H and O–H groups in total. The Morgan fingerprint density at radius 3 is 2.63 bits per heavy atom. The summed E-state index contributed by atoms with van der Waals surface area (Å²) in [5, 5.41) is 15.7. The van der Waals surface area contributed by atoms with Crippen LogP contribution in [0.4, 0.5) is 0 Å². The molecule has 1 amide bonds. The van der Waals surface area contributed by atoms with Gasteiger partial charge in [-0.2, -0.15) is 5.10 Å². The van der Waals surface area contributed by atoms with Crippen LogP contribution in [-0.4, -0.2) is 40.6 Å². The number of carbonyl (C=O) groups excluding carboxylic acids is 1. The lowest BCUT2D eigenvalue weighted by Gasteiger charge is -2.16. The van der Waals surface area contributed by atoms with Crippen molar-refractivity contribution >= 4 is 23.0 Å². The summed E-state index contributed by atoms with van der Waals surface area (Å²) in [6.07, 6.45) is 3.40. The minimum Gasteiger partial charge on any atom is -0.483 e. The average molecular weight is 365 g/mol. The van der Waals surface area contributed by atoms with Gasteiger partial charge >= 0.3 is 0 Å². The molecule has 3 aromatic rings. The molecule has 0 saturated heterocycles. The highest BCUT2D eigenvalue weighted by Crippen LogP contribution is 2.24. The first kappa shape index (κ1) is 18.7. The van der Waals surface area contributed by atoms with Gasteiger partial charge in [0.1, 0.15) is 12.5 Å². The SMILES string of the molecule is Cc1cc(C)c(OCC(=O)N(CO)/N=C/c2ccc3cc[nH]c3c2)c(C)c1. The molecule has 3 rings (SSSR count). The van der Waals surface area contributed by atoms with Gasteiger partial charge in [-0.1, -0.05) is 29.8 Å². The zero-order chi connectivity index (χ0) is 19.4. The van der Waals surface area contributed by atoms with E-state index in [4.69, 9.17) is 4.74 Å². The molecule has 0 aliphatic carbocycles. The number of hydrazone groups is 1. The van der Waals surface area contributed by atoms with E-state index < -0.39 is 12.6 Å². The molecule has 0 radical (unpaired) electrons. The molecule has 1 heterocycles. The molecule has 0 unspecified atom stereocenters. The molecule has 27 heavy (non-hydrogen) atoms. The van der Waals surface area contributed by atoms with E-state index in [1.165, 1.54) is 6.21 Å². The van der Waals surface area contributed by atoms with Gasteiger partial charge < -0.3 is 14.8 Å². The molecule has 0 bridgehead atoms. The summed E-state index contributed by atoms with van der Waals surface area (Å²) in [5.41, 5.74) is 4.89. The Labute approximate surface area is 158 Å². The first-order valence-corrected chi connectivity index (χ1v) is 8.71. The predicted molar refractivity (Wildman–Crippen MR) is 106 cm³/mol. The lowest BCUT2D eigenvalue weighted by atomic mass is 10.1. The summed E-state index contributed by atoms with van der Waals surface area (Å²) in [5.74, 6) is 0.266. The fourth-order valence-electron chi connectivity index (χ4n) is 3.06. The maximum absolute atomic E-state index is 12.4. The lowest BCUT2D eigenvalue weighted by molar-refractivity contribution is -0.137. The monoisotopic (exact) mass is 365 g/mol. The Morgan fingerprint density at radius 1 is 1.19 bits per heavy atom. The Kier molecular flexibility index (Phi) is 5.57. The van der Waals surface area contributed by atoms with E-state index in [1.807, 2.05) is 63.4 Å². The normalized spacial score (nSPS) is 11.3. The first-order chi connectivity index (χ1) is 13.0. The van der Waals surface area contributed by atoms with Gasteiger partial charge in [-0.15, -0.1) is 0 Å². The van der Waals surface area contributed by atoms with E-state index in [9.17, 15) is 9.90 Å². The third kappa shape index (κ3) is 4.35. The summed E-state index contributed by atoms with van der Waals surface area (Å²) in [6, 6.07) is 11.8. The molecule has 6 heteroatoms. The van der Waals surface area contributed by atoms with E-state index in [1.54, 1.807) is 0 Å². The molecule has 0 aliphatic heterocycles. The van der Waals surface area contributed by atoms with Crippen LogP contribution in [0.1, 0.15) is 22.3 Å². The van der Waals surface area contributed by atoms with Crippen molar-refractivity contribution in [2.24, 2.45) is 5.10 Å². The largest absolute Gasteiger partial charge is 0.483 e. The molecule has 0 saturated carbocycles. The topological polar surface area (TPSA) is 77.9 Å². The molecule has 2 aromatic carbocycles. The van der Waals surface area contributed by atoms with Crippen molar-refractivity contribution in [1.29, 1.82) is 0 Å². The second-order valence-corrected chi connectivity index (χ2v) is 6.52. The molecule has 1 aromatic heterocycles. The maximum Gasteiger partial charge on any atom is 0.282 e. The summed E-state index contributed by atoms with van der Waals surface area (Å²) in [7, 11) is 0. The minimum absolute atomic E-state index is 0.196. The number of amides is 1. The van der Waals surface area contributed by atoms with Crippen LogP contribution < -0.4 is 4.74 Å². The molecular weight excluding hydrogens is 342 g/mol. The first-order valence-electron chi connectivity index (χ1n) is 8.71. The second-order valence-electron chi connectivity index (χ2n) is 6.52. The van der Waals surface area contributed by atoms with E-state index in [0.717, 1.165) is 38.2 Å². The fraction of sp³-hybridized carbons (Fsp3) is 0.238. The van der Waals surface area contributed by atoms with Gasteiger partial charge in [-0.05, 0) is 55.0 Å². The number of fused-ring (bicyclic) bond motifs is 1. The summed E-state index contributed by atoms with van der Waals surface area (Å²) >= 11 is 0. The molecule has 0 spiro atoms. The number of aromatic nitrogens is 1. The number of H-pyrrole nitrogens is 1. The van der Waals surface area contributed by atoms with Gasteiger partial charge in [-0.3, -0.25) is 4.79 Å². The van der Waals surface area contributed by atoms with Crippen LogP contribution in [0, 0.1) is 20.8 Å². The van der Waals surface area contributed by atoms with E-state index in [-0.39, 0.29) is 6.61 Å². The summed E-state index contributed by atoms with van der Waals surface area (Å²) in [6.45, 7) is 5.19. The smallest absolute Gasteiger partial charge is 0.282 e. The quantitative estimate of drug-likeness (QED) is 0.400. The summed E-state index contributed by atoms with van der Waals surface area (Å²) < 4.78 is 5.69. The molecule has 0 fully saturated rings. The number of benzene rings is 2. The number of rotatable bonds is 6. The standard InChI is InChI=1S/C21H23N3O3/c1-14-8-15(2)21(16(3)9-14)27-12-20(26)24(13-25)23-11-17-4-5-18-6-7-22-19(18)10-17/h4-11,22,25H,12-13H2,1-3H3/b23-11+. The number of hydrogen-bond donors (Lipinski definition) is 2. The molecule has 6 nitrogen and oxygen atoms in total. The highest BCUT2D eigenvalue weighted by molar-refractivity contribution is 5.89.